The summed E-state index contributed by atoms with van der Waals surface area (Å²) in [6.45, 7) is 4.15. The number of halogens is 1. The van der Waals surface area contributed by atoms with Gasteiger partial charge in [0, 0.05) is 41.0 Å². The van der Waals surface area contributed by atoms with Gasteiger partial charge in [0.15, 0.2) is 0 Å². The van der Waals surface area contributed by atoms with Crippen LogP contribution < -0.4 is 16.4 Å². The number of carbonyl (C=O) groups is 2. The van der Waals surface area contributed by atoms with Gasteiger partial charge >= 0.3 is 0 Å². The van der Waals surface area contributed by atoms with Gasteiger partial charge in [-0.05, 0) is 84.9 Å². The number of aromatic nitrogens is 3. The highest BCUT2D eigenvalue weighted by Crippen LogP contribution is 2.43. The summed E-state index contributed by atoms with van der Waals surface area (Å²) in [5.74, 6) is -0.169. The molecule has 46 heavy (non-hydrogen) atoms. The standard InChI is InChI=1S/C36H35FN6O2S/c1-19(2)16-27-30(34(38)44)32(31-28(42-27)18-23(41-36(31)45)10-7-20-5-8-22(37)9-6-20)29-17-21-13-15-40-35(33(21)46-29)43-26-12-11-25-24(26)4-3-14-39-25/h3-6,8-9,13-15,17,19,23,26H,7,10-12,16,18H2,1-2H3,(H2,38,44)(H,40,43)(H,41,45)/t23-,26?/m0/s1. The molecule has 4 N–H and O–H groups in total. The van der Waals surface area contributed by atoms with Crippen molar-refractivity contribution in [1.29, 1.82) is 0 Å². The SMILES string of the molecule is CC(C)Cc1nc2c(c(-c3cc4ccnc(NC5CCc6ncccc65)c4s3)c1C(N)=O)C(=O)N[C@@H](CCc1ccc(F)cc1)C2. The van der Waals surface area contributed by atoms with E-state index in [0.717, 1.165) is 44.9 Å². The second kappa shape index (κ2) is 12.2. The average Bonchev–Trinajstić information content (AvgIpc) is 3.65. The monoisotopic (exact) mass is 634 g/mol. The third-order valence-corrected chi connectivity index (χ3v) is 10.0. The molecule has 1 aliphatic heterocycles. The second-order valence-electron chi connectivity index (χ2n) is 12.6. The predicted octanol–water partition coefficient (Wildman–Crippen LogP) is 6.58. The van der Waals surface area contributed by atoms with Gasteiger partial charge in [0.25, 0.3) is 11.8 Å². The van der Waals surface area contributed by atoms with Crippen molar-refractivity contribution in [2.24, 2.45) is 11.7 Å². The van der Waals surface area contributed by atoms with Gasteiger partial charge < -0.3 is 16.4 Å². The molecule has 0 spiro atoms. The minimum atomic E-state index is -0.601. The number of hydrogen-bond donors (Lipinski definition) is 3. The van der Waals surface area contributed by atoms with Crippen molar-refractivity contribution >= 4 is 39.1 Å². The normalized spacial score (nSPS) is 17.2. The van der Waals surface area contributed by atoms with Crippen LogP contribution in [0.15, 0.2) is 60.9 Å². The fraction of sp³-hybridized carbons (Fsp3) is 0.306. The lowest BCUT2D eigenvalue weighted by Gasteiger charge is -2.28. The maximum absolute atomic E-state index is 13.9. The summed E-state index contributed by atoms with van der Waals surface area (Å²) < 4.78 is 14.4. The number of fused-ring (bicyclic) bond motifs is 3. The highest BCUT2D eigenvalue weighted by molar-refractivity contribution is 7.22. The van der Waals surface area contributed by atoms with Gasteiger partial charge in [-0.2, -0.15) is 0 Å². The smallest absolute Gasteiger partial charge is 0.254 e. The van der Waals surface area contributed by atoms with Crippen molar-refractivity contribution in [3.8, 4) is 10.4 Å². The number of rotatable bonds is 9. The van der Waals surface area contributed by atoms with Crippen LogP contribution in [0.3, 0.4) is 0 Å². The lowest BCUT2D eigenvalue weighted by atomic mass is 9.87. The fourth-order valence-corrected chi connectivity index (χ4v) is 7.92. The van der Waals surface area contributed by atoms with Gasteiger partial charge in [-0.1, -0.05) is 32.0 Å². The summed E-state index contributed by atoms with van der Waals surface area (Å²) in [5, 5.41) is 7.76. The van der Waals surface area contributed by atoms with Gasteiger partial charge in [-0.3, -0.25) is 19.6 Å². The molecular weight excluding hydrogens is 600 g/mol. The molecule has 0 saturated heterocycles. The molecule has 7 rings (SSSR count). The van der Waals surface area contributed by atoms with Crippen molar-refractivity contribution in [2.75, 3.05) is 5.32 Å². The first-order valence-electron chi connectivity index (χ1n) is 15.7. The molecule has 234 valence electrons. The number of benzene rings is 1. The van der Waals surface area contributed by atoms with Gasteiger partial charge in [0.2, 0.25) is 0 Å². The van der Waals surface area contributed by atoms with Gasteiger partial charge in [-0.15, -0.1) is 11.3 Å². The van der Waals surface area contributed by atoms with Crippen molar-refractivity contribution < 1.29 is 14.0 Å². The van der Waals surface area contributed by atoms with Crippen molar-refractivity contribution in [3.63, 3.8) is 0 Å². The Labute approximate surface area is 270 Å². The molecule has 2 atom stereocenters. The van der Waals surface area contributed by atoms with Crippen molar-refractivity contribution in [3.05, 3.63) is 106 Å². The van der Waals surface area contributed by atoms with Crippen molar-refractivity contribution in [2.45, 2.75) is 64.5 Å². The van der Waals surface area contributed by atoms with Crippen LogP contribution in [0.1, 0.15) is 81.7 Å². The number of carbonyl (C=O) groups excluding carboxylic acids is 2. The minimum absolute atomic E-state index is 0.0949. The molecule has 0 fully saturated rings. The zero-order valence-electron chi connectivity index (χ0n) is 25.8. The molecule has 1 unspecified atom stereocenters. The number of amides is 2. The first-order chi connectivity index (χ1) is 22.2. The molecule has 5 heterocycles. The number of hydrogen-bond acceptors (Lipinski definition) is 7. The van der Waals surface area contributed by atoms with E-state index in [0.29, 0.717) is 53.8 Å². The lowest BCUT2D eigenvalue weighted by molar-refractivity contribution is 0.0922. The second-order valence-corrected chi connectivity index (χ2v) is 13.6. The number of anilines is 1. The summed E-state index contributed by atoms with van der Waals surface area (Å²) in [7, 11) is 0. The highest BCUT2D eigenvalue weighted by atomic mass is 32.1. The molecule has 2 amide bonds. The number of pyridine rings is 3. The third kappa shape index (κ3) is 5.73. The van der Waals surface area contributed by atoms with E-state index in [1.54, 1.807) is 18.3 Å². The number of aryl methyl sites for hydroxylation is 2. The highest BCUT2D eigenvalue weighted by Gasteiger charge is 2.34. The first-order valence-corrected chi connectivity index (χ1v) is 16.6. The minimum Gasteiger partial charge on any atom is -0.366 e. The summed E-state index contributed by atoms with van der Waals surface area (Å²) in [6.07, 6.45) is 7.87. The van der Waals surface area contributed by atoms with Crippen molar-refractivity contribution in [1.82, 2.24) is 20.3 Å². The van der Waals surface area contributed by atoms with E-state index in [1.807, 2.05) is 24.4 Å². The topological polar surface area (TPSA) is 123 Å². The van der Waals surface area contributed by atoms with E-state index in [1.165, 1.54) is 29.0 Å². The predicted molar refractivity (Wildman–Crippen MR) is 179 cm³/mol. The van der Waals surface area contributed by atoms with E-state index in [-0.39, 0.29) is 29.7 Å². The summed E-state index contributed by atoms with van der Waals surface area (Å²) >= 11 is 1.50. The number of primary amides is 1. The van der Waals surface area contributed by atoms with Gasteiger partial charge in [0.05, 0.1) is 33.3 Å². The van der Waals surface area contributed by atoms with Crippen LogP contribution in [0.4, 0.5) is 10.2 Å². The van der Waals surface area contributed by atoms with E-state index in [9.17, 15) is 14.0 Å². The van der Waals surface area contributed by atoms with Crippen LogP contribution in [0.5, 0.6) is 0 Å². The van der Waals surface area contributed by atoms with E-state index >= 15 is 0 Å². The third-order valence-electron chi connectivity index (χ3n) is 8.85. The zero-order valence-corrected chi connectivity index (χ0v) is 26.6. The van der Waals surface area contributed by atoms with Crippen LogP contribution in [-0.4, -0.2) is 32.8 Å². The Morgan fingerprint density at radius 1 is 1.11 bits per heavy atom. The van der Waals surface area contributed by atoms with Gasteiger partial charge in [-0.25, -0.2) is 9.37 Å². The molecule has 0 saturated carbocycles. The fourth-order valence-electron chi connectivity index (χ4n) is 6.75. The first kappa shape index (κ1) is 30.0. The molecule has 0 radical (unpaired) electrons. The number of nitrogens with zero attached hydrogens (tertiary/aromatic N) is 3. The lowest BCUT2D eigenvalue weighted by Crippen LogP contribution is -2.43. The molecule has 2 aliphatic rings. The van der Waals surface area contributed by atoms with Crippen LogP contribution in [0.2, 0.25) is 0 Å². The van der Waals surface area contributed by atoms with E-state index in [4.69, 9.17) is 15.7 Å². The van der Waals surface area contributed by atoms with Crippen LogP contribution in [-0.2, 0) is 25.7 Å². The Bertz CT molecular complexity index is 1970. The Balaban J connectivity index is 1.29. The molecule has 5 aromatic rings. The van der Waals surface area contributed by atoms with Gasteiger partial charge in [0.1, 0.15) is 11.6 Å². The molecular formula is C36H35FN6O2S. The molecule has 4 aromatic heterocycles. The Hall–Kier alpha value is -4.70. The van der Waals surface area contributed by atoms with Crippen LogP contribution >= 0.6 is 11.3 Å². The molecule has 1 aliphatic carbocycles. The molecule has 1 aromatic carbocycles. The number of nitrogens with two attached hydrogens (primary N) is 1. The molecule has 10 heteroatoms. The average molecular weight is 635 g/mol. The Kier molecular flexibility index (Phi) is 7.98. The summed E-state index contributed by atoms with van der Waals surface area (Å²) in [6, 6.07) is 14.4. The summed E-state index contributed by atoms with van der Waals surface area (Å²) in [5.41, 5.74) is 11.9. The maximum atomic E-state index is 13.9. The maximum Gasteiger partial charge on any atom is 0.254 e. The zero-order chi connectivity index (χ0) is 31.9. The molecule has 8 nitrogen and oxygen atoms in total. The Morgan fingerprint density at radius 3 is 2.72 bits per heavy atom. The summed E-state index contributed by atoms with van der Waals surface area (Å²) in [4.78, 5) is 42.0. The van der Waals surface area contributed by atoms with E-state index in [2.05, 4.69) is 35.5 Å². The Morgan fingerprint density at radius 2 is 1.93 bits per heavy atom. The number of nitrogens with one attached hydrogen (secondary N) is 2. The van der Waals surface area contributed by atoms with E-state index < -0.39 is 5.91 Å². The quantitative estimate of drug-likeness (QED) is 0.168. The number of thiophene rings is 1. The largest absolute Gasteiger partial charge is 0.366 e. The van der Waals surface area contributed by atoms with Crippen LogP contribution in [0.25, 0.3) is 20.5 Å². The molecule has 0 bridgehead atoms. The van der Waals surface area contributed by atoms with Crippen LogP contribution in [0, 0.1) is 11.7 Å².